The van der Waals surface area contributed by atoms with Crippen molar-refractivity contribution in [2.24, 2.45) is 5.73 Å². The molecular weight excluding hydrogens is 324 g/mol. The van der Waals surface area contributed by atoms with Gasteiger partial charge in [0.05, 0.1) is 6.10 Å². The van der Waals surface area contributed by atoms with Gasteiger partial charge in [0.2, 0.25) is 0 Å². The molecule has 0 aromatic rings. The summed E-state index contributed by atoms with van der Waals surface area (Å²) in [6.45, 7) is 5.15. The molecule has 0 bridgehead atoms. The second kappa shape index (κ2) is 22.6. The summed E-state index contributed by atoms with van der Waals surface area (Å²) in [6, 6.07) is 0. The molecule has 0 spiro atoms. The number of nitrogens with two attached hydrogens (primary N) is 1. The molecule has 0 aliphatic heterocycles. The first-order valence-corrected chi connectivity index (χ1v) is 11.3. The average molecular weight is 371 g/mol. The molecule has 0 amide bonds. The van der Waals surface area contributed by atoms with Crippen molar-refractivity contribution in [1.29, 1.82) is 0 Å². The number of hydrogen-bond acceptors (Lipinski definition) is 4. The minimum atomic E-state index is 0.000947. The van der Waals surface area contributed by atoms with Crippen LogP contribution in [0.25, 0.3) is 0 Å². The fourth-order valence-electron chi connectivity index (χ4n) is 3.23. The molecule has 0 aliphatic carbocycles. The second-order valence-corrected chi connectivity index (χ2v) is 7.48. The molecule has 0 heterocycles. The third-order valence-electron chi connectivity index (χ3n) is 4.90. The lowest BCUT2D eigenvalue weighted by Crippen LogP contribution is -2.33. The molecule has 0 rings (SSSR count). The van der Waals surface area contributed by atoms with E-state index in [-0.39, 0.29) is 6.10 Å². The predicted octanol–water partition coefficient (Wildman–Crippen LogP) is 4.99. The van der Waals surface area contributed by atoms with E-state index in [4.69, 9.17) is 10.5 Å². The van der Waals surface area contributed by atoms with E-state index >= 15 is 0 Å². The van der Waals surface area contributed by atoms with Crippen molar-refractivity contribution in [3.05, 3.63) is 0 Å². The maximum atomic E-state index is 10.7. The lowest BCUT2D eigenvalue weighted by atomic mass is 10.0. The number of rotatable bonds is 22. The highest BCUT2D eigenvalue weighted by molar-refractivity contribution is 5.50. The topological polar surface area (TPSA) is 64.3 Å². The standard InChI is InChI=1S/C22H46N2O2/c1-2-3-4-5-6-7-8-9-10-11-12-13-14-15-20-26-22(16-19-25)21-24-18-17-23/h19,22,24H,2-18,20-21,23H2,1H3. The summed E-state index contributed by atoms with van der Waals surface area (Å²) >= 11 is 0. The van der Waals surface area contributed by atoms with Gasteiger partial charge in [-0.15, -0.1) is 0 Å². The van der Waals surface area contributed by atoms with Crippen molar-refractivity contribution in [2.75, 3.05) is 26.2 Å². The van der Waals surface area contributed by atoms with E-state index in [2.05, 4.69) is 12.2 Å². The molecule has 156 valence electrons. The van der Waals surface area contributed by atoms with Crippen LogP contribution >= 0.6 is 0 Å². The Morgan fingerprint density at radius 1 is 0.846 bits per heavy atom. The van der Waals surface area contributed by atoms with Crippen LogP contribution in [-0.2, 0) is 9.53 Å². The molecule has 0 saturated heterocycles. The minimum absolute atomic E-state index is 0.000947. The van der Waals surface area contributed by atoms with Crippen molar-refractivity contribution < 1.29 is 9.53 Å². The van der Waals surface area contributed by atoms with E-state index in [1.165, 1.54) is 83.5 Å². The molecule has 4 heteroatoms. The van der Waals surface area contributed by atoms with E-state index in [1.807, 2.05) is 0 Å². The Labute approximate surface area is 163 Å². The Bertz CT molecular complexity index is 275. The van der Waals surface area contributed by atoms with Gasteiger partial charge in [-0.25, -0.2) is 0 Å². The summed E-state index contributed by atoms with van der Waals surface area (Å²) in [5.74, 6) is 0. The first-order valence-electron chi connectivity index (χ1n) is 11.3. The fourth-order valence-corrected chi connectivity index (χ4v) is 3.23. The van der Waals surface area contributed by atoms with Crippen molar-refractivity contribution in [1.82, 2.24) is 5.32 Å². The second-order valence-electron chi connectivity index (χ2n) is 7.48. The molecule has 0 saturated carbocycles. The normalized spacial score (nSPS) is 12.4. The summed E-state index contributed by atoms with van der Waals surface area (Å²) < 4.78 is 5.80. The first-order chi connectivity index (χ1) is 12.8. The molecule has 0 aromatic carbocycles. The third kappa shape index (κ3) is 19.9. The van der Waals surface area contributed by atoms with Gasteiger partial charge in [0.1, 0.15) is 6.29 Å². The van der Waals surface area contributed by atoms with Gasteiger partial charge in [-0.1, -0.05) is 90.4 Å². The van der Waals surface area contributed by atoms with Crippen LogP contribution in [0.2, 0.25) is 0 Å². The Morgan fingerprint density at radius 3 is 1.81 bits per heavy atom. The summed E-state index contributed by atoms with van der Waals surface area (Å²) in [4.78, 5) is 10.7. The van der Waals surface area contributed by atoms with E-state index < -0.39 is 0 Å². The monoisotopic (exact) mass is 370 g/mol. The zero-order valence-corrected chi connectivity index (χ0v) is 17.5. The summed E-state index contributed by atoms with van der Waals surface area (Å²) in [7, 11) is 0. The maximum absolute atomic E-state index is 10.7. The molecule has 1 atom stereocenters. The summed E-state index contributed by atoms with van der Waals surface area (Å²) in [6.07, 6.45) is 20.5. The zero-order chi connectivity index (χ0) is 19.1. The highest BCUT2D eigenvalue weighted by Gasteiger charge is 2.07. The van der Waals surface area contributed by atoms with Gasteiger partial charge in [0, 0.05) is 32.7 Å². The smallest absolute Gasteiger partial charge is 0.122 e. The number of aldehydes is 1. The molecule has 0 radical (unpaired) electrons. The van der Waals surface area contributed by atoms with Gasteiger partial charge in [-0.05, 0) is 6.42 Å². The highest BCUT2D eigenvalue weighted by atomic mass is 16.5. The summed E-state index contributed by atoms with van der Waals surface area (Å²) in [5, 5.41) is 3.21. The van der Waals surface area contributed by atoms with E-state index in [1.54, 1.807) is 0 Å². The SMILES string of the molecule is CCCCCCCCCCCCCCCCOC(CC=O)CNCCN. The molecule has 0 aromatic heterocycles. The van der Waals surface area contributed by atoms with Gasteiger partial charge in [-0.3, -0.25) is 0 Å². The predicted molar refractivity (Wildman–Crippen MR) is 113 cm³/mol. The molecule has 1 unspecified atom stereocenters. The number of nitrogens with one attached hydrogen (secondary N) is 1. The third-order valence-corrected chi connectivity index (χ3v) is 4.90. The van der Waals surface area contributed by atoms with Crippen LogP contribution in [0.15, 0.2) is 0 Å². The van der Waals surface area contributed by atoms with Crippen molar-refractivity contribution in [3.63, 3.8) is 0 Å². The Kier molecular flexibility index (Phi) is 22.2. The molecular formula is C22H46N2O2. The Morgan fingerprint density at radius 2 is 1.35 bits per heavy atom. The molecule has 26 heavy (non-hydrogen) atoms. The van der Waals surface area contributed by atoms with Gasteiger partial charge in [0.15, 0.2) is 0 Å². The van der Waals surface area contributed by atoms with Gasteiger partial charge in [-0.2, -0.15) is 0 Å². The molecule has 0 fully saturated rings. The molecule has 3 N–H and O–H groups in total. The van der Waals surface area contributed by atoms with Crippen LogP contribution in [-0.4, -0.2) is 38.6 Å². The highest BCUT2D eigenvalue weighted by Crippen LogP contribution is 2.13. The van der Waals surface area contributed by atoms with E-state index in [0.29, 0.717) is 19.5 Å². The van der Waals surface area contributed by atoms with Crippen LogP contribution in [0.4, 0.5) is 0 Å². The lowest BCUT2D eigenvalue weighted by Gasteiger charge is -2.16. The average Bonchev–Trinajstić information content (AvgIpc) is 2.65. The minimum Gasteiger partial charge on any atom is -0.376 e. The van der Waals surface area contributed by atoms with E-state index in [9.17, 15) is 4.79 Å². The van der Waals surface area contributed by atoms with Crippen molar-refractivity contribution in [3.8, 4) is 0 Å². The van der Waals surface area contributed by atoms with Crippen LogP contribution in [0.3, 0.4) is 0 Å². The van der Waals surface area contributed by atoms with Gasteiger partial charge in [0.25, 0.3) is 0 Å². The maximum Gasteiger partial charge on any atom is 0.122 e. The molecule has 0 aliphatic rings. The van der Waals surface area contributed by atoms with Crippen molar-refractivity contribution >= 4 is 6.29 Å². The lowest BCUT2D eigenvalue weighted by molar-refractivity contribution is -0.110. The zero-order valence-electron chi connectivity index (χ0n) is 17.5. The van der Waals surface area contributed by atoms with Crippen LogP contribution in [0.1, 0.15) is 103 Å². The molecule has 4 nitrogen and oxygen atoms in total. The number of hydrogen-bond donors (Lipinski definition) is 2. The van der Waals surface area contributed by atoms with Gasteiger partial charge < -0.3 is 20.6 Å². The Balaban J connectivity index is 3.25. The van der Waals surface area contributed by atoms with E-state index in [0.717, 1.165) is 25.9 Å². The van der Waals surface area contributed by atoms with Crippen LogP contribution < -0.4 is 11.1 Å². The van der Waals surface area contributed by atoms with Crippen molar-refractivity contribution in [2.45, 2.75) is 109 Å². The number of carbonyl (C=O) groups is 1. The largest absolute Gasteiger partial charge is 0.376 e. The number of ether oxygens (including phenoxy) is 1. The fraction of sp³-hybridized carbons (Fsp3) is 0.955. The number of unbranched alkanes of at least 4 members (excludes halogenated alkanes) is 13. The summed E-state index contributed by atoms with van der Waals surface area (Å²) in [5.41, 5.74) is 5.45. The quantitative estimate of drug-likeness (QED) is 0.208. The number of carbonyl (C=O) groups excluding carboxylic acids is 1. The van der Waals surface area contributed by atoms with Crippen LogP contribution in [0, 0.1) is 0 Å². The van der Waals surface area contributed by atoms with Crippen LogP contribution in [0.5, 0.6) is 0 Å². The Hall–Kier alpha value is -0.450. The van der Waals surface area contributed by atoms with Gasteiger partial charge >= 0.3 is 0 Å². The first kappa shape index (κ1) is 25.6.